The topological polar surface area (TPSA) is 66.8 Å². The van der Waals surface area contributed by atoms with Gasteiger partial charge in [0.1, 0.15) is 11.2 Å². The molecule has 2 aromatic heterocycles. The second-order valence-electron chi connectivity index (χ2n) is 5.46. The van der Waals surface area contributed by atoms with Gasteiger partial charge in [-0.25, -0.2) is 4.98 Å². The largest absolute Gasteiger partial charge is 0.363 e. The number of aromatic nitrogens is 4. The Labute approximate surface area is 131 Å². The van der Waals surface area contributed by atoms with E-state index < -0.39 is 0 Å². The van der Waals surface area contributed by atoms with E-state index in [9.17, 15) is 4.79 Å². The summed E-state index contributed by atoms with van der Waals surface area (Å²) >= 11 is 6.09. The Balaban J connectivity index is 1.72. The maximum absolute atomic E-state index is 12.1. The van der Waals surface area contributed by atoms with Gasteiger partial charge in [0.05, 0.1) is 12.7 Å². The van der Waals surface area contributed by atoms with Gasteiger partial charge < -0.3 is 9.88 Å². The van der Waals surface area contributed by atoms with Crippen molar-refractivity contribution in [2.24, 2.45) is 7.05 Å². The van der Waals surface area contributed by atoms with Crippen molar-refractivity contribution in [1.82, 2.24) is 19.7 Å². The van der Waals surface area contributed by atoms with Crippen LogP contribution in [-0.2, 0) is 20.0 Å². The zero-order valence-electron chi connectivity index (χ0n) is 12.0. The highest BCUT2D eigenvalue weighted by Gasteiger charge is 2.20. The van der Waals surface area contributed by atoms with Gasteiger partial charge >= 0.3 is 0 Å². The second kappa shape index (κ2) is 4.84. The lowest BCUT2D eigenvalue weighted by Crippen LogP contribution is -2.23. The molecule has 112 valence electrons. The molecular formula is C15H14ClN5O. The van der Waals surface area contributed by atoms with E-state index >= 15 is 0 Å². The monoisotopic (exact) mass is 315 g/mol. The summed E-state index contributed by atoms with van der Waals surface area (Å²) < 4.78 is 1.61. The van der Waals surface area contributed by atoms with E-state index in [2.05, 4.69) is 26.0 Å². The van der Waals surface area contributed by atoms with Gasteiger partial charge in [-0.15, -0.1) is 0 Å². The lowest BCUT2D eigenvalue weighted by atomic mass is 10.2. The van der Waals surface area contributed by atoms with Crippen LogP contribution in [0.1, 0.15) is 11.4 Å². The van der Waals surface area contributed by atoms with E-state index in [1.807, 2.05) is 12.1 Å². The molecule has 6 nitrogen and oxygen atoms in total. The Morgan fingerprint density at radius 1 is 1.41 bits per heavy atom. The van der Waals surface area contributed by atoms with E-state index in [0.29, 0.717) is 28.4 Å². The van der Waals surface area contributed by atoms with Crippen LogP contribution in [0, 0.1) is 0 Å². The van der Waals surface area contributed by atoms with Crippen molar-refractivity contribution in [3.8, 4) is 0 Å². The smallest absolute Gasteiger partial charge is 0.262 e. The molecule has 4 rings (SSSR count). The van der Waals surface area contributed by atoms with Crippen molar-refractivity contribution >= 4 is 28.3 Å². The number of aromatic amines is 1. The lowest BCUT2D eigenvalue weighted by Gasteiger charge is -2.18. The number of fused-ring (bicyclic) bond motifs is 2. The molecule has 3 aromatic rings. The summed E-state index contributed by atoms with van der Waals surface area (Å²) in [4.78, 5) is 21.6. The summed E-state index contributed by atoms with van der Waals surface area (Å²) in [5.74, 6) is 0.633. The van der Waals surface area contributed by atoms with Gasteiger partial charge in [0, 0.05) is 24.3 Å². The molecule has 1 aliphatic heterocycles. The first-order valence-electron chi connectivity index (χ1n) is 7.06. The zero-order chi connectivity index (χ0) is 15.3. The highest BCUT2D eigenvalue weighted by molar-refractivity contribution is 6.30. The molecule has 0 atom stereocenters. The van der Waals surface area contributed by atoms with Crippen molar-refractivity contribution in [1.29, 1.82) is 0 Å². The minimum atomic E-state index is -0.154. The number of aryl methyl sites for hydroxylation is 1. The molecule has 0 amide bonds. The van der Waals surface area contributed by atoms with Gasteiger partial charge in [0.15, 0.2) is 5.65 Å². The summed E-state index contributed by atoms with van der Waals surface area (Å²) in [7, 11) is 1.78. The molecule has 0 saturated carbocycles. The number of anilines is 1. The maximum Gasteiger partial charge on any atom is 0.262 e. The quantitative estimate of drug-likeness (QED) is 0.784. The van der Waals surface area contributed by atoms with Crippen LogP contribution < -0.4 is 10.5 Å². The van der Waals surface area contributed by atoms with Gasteiger partial charge in [-0.1, -0.05) is 17.7 Å². The number of nitrogens with zero attached hydrogens (tertiary/aromatic N) is 4. The molecule has 22 heavy (non-hydrogen) atoms. The zero-order valence-corrected chi connectivity index (χ0v) is 12.8. The second-order valence-corrected chi connectivity index (χ2v) is 5.90. The Morgan fingerprint density at radius 3 is 3.14 bits per heavy atom. The van der Waals surface area contributed by atoms with E-state index in [0.717, 1.165) is 18.7 Å². The van der Waals surface area contributed by atoms with Crippen LogP contribution in [0.4, 0.5) is 5.69 Å². The number of hydrogen-bond acceptors (Lipinski definition) is 4. The predicted molar refractivity (Wildman–Crippen MR) is 85.3 cm³/mol. The number of rotatable bonds is 2. The van der Waals surface area contributed by atoms with E-state index in [-0.39, 0.29) is 5.56 Å². The fraction of sp³-hybridized carbons (Fsp3) is 0.267. The third kappa shape index (κ3) is 2.07. The van der Waals surface area contributed by atoms with E-state index in [4.69, 9.17) is 11.6 Å². The summed E-state index contributed by atoms with van der Waals surface area (Å²) in [5, 5.41) is 5.31. The number of H-pyrrole nitrogens is 1. The normalized spacial score (nSPS) is 13.8. The van der Waals surface area contributed by atoms with Crippen molar-refractivity contribution in [3.63, 3.8) is 0 Å². The van der Waals surface area contributed by atoms with Crippen LogP contribution in [0.25, 0.3) is 11.0 Å². The Hall–Kier alpha value is -2.34. The van der Waals surface area contributed by atoms with Gasteiger partial charge in [0.2, 0.25) is 0 Å². The molecule has 7 heteroatoms. The third-order valence-corrected chi connectivity index (χ3v) is 4.27. The van der Waals surface area contributed by atoms with Gasteiger partial charge in [-0.05, 0) is 24.1 Å². The molecule has 0 aliphatic carbocycles. The average Bonchev–Trinajstić information content (AvgIpc) is 3.05. The fourth-order valence-electron chi connectivity index (χ4n) is 2.92. The number of benzene rings is 1. The molecule has 0 saturated heterocycles. The molecule has 0 radical (unpaired) electrons. The van der Waals surface area contributed by atoms with Crippen LogP contribution in [0.3, 0.4) is 0 Å². The highest BCUT2D eigenvalue weighted by Crippen LogP contribution is 2.31. The Kier molecular flexibility index (Phi) is 2.94. The molecule has 0 fully saturated rings. The Morgan fingerprint density at radius 2 is 2.27 bits per heavy atom. The van der Waals surface area contributed by atoms with E-state index in [1.54, 1.807) is 11.7 Å². The Bertz CT molecular complexity index is 929. The SMILES string of the molecule is Cn1ncc2c(=O)[nH]c(CN3CCc4ccc(Cl)cc43)nc21. The molecule has 1 N–H and O–H groups in total. The van der Waals surface area contributed by atoms with Crippen molar-refractivity contribution in [3.05, 3.63) is 51.2 Å². The van der Waals surface area contributed by atoms with Gasteiger partial charge in [-0.3, -0.25) is 9.48 Å². The number of hydrogen-bond donors (Lipinski definition) is 1. The summed E-state index contributed by atoms with van der Waals surface area (Å²) in [6.07, 6.45) is 2.51. The highest BCUT2D eigenvalue weighted by atomic mass is 35.5. The summed E-state index contributed by atoms with van der Waals surface area (Å²) in [5.41, 5.74) is 2.83. The first-order chi connectivity index (χ1) is 10.6. The molecule has 1 aliphatic rings. The number of halogens is 1. The molecule has 0 unspecified atom stereocenters. The standard InChI is InChI=1S/C15H14ClN5O/c1-20-14-11(7-17-20)15(22)19-13(18-14)8-21-5-4-9-2-3-10(16)6-12(9)21/h2-3,6-7H,4-5,8H2,1H3,(H,18,19,22). The maximum atomic E-state index is 12.1. The van der Waals surface area contributed by atoms with Gasteiger partial charge in [0.25, 0.3) is 5.56 Å². The lowest BCUT2D eigenvalue weighted by molar-refractivity contribution is 0.759. The molecule has 0 bridgehead atoms. The van der Waals surface area contributed by atoms with Gasteiger partial charge in [-0.2, -0.15) is 5.10 Å². The third-order valence-electron chi connectivity index (χ3n) is 4.03. The van der Waals surface area contributed by atoms with Crippen LogP contribution in [0.15, 0.2) is 29.2 Å². The minimum absolute atomic E-state index is 0.154. The van der Waals surface area contributed by atoms with Crippen LogP contribution in [0.2, 0.25) is 5.02 Å². The summed E-state index contributed by atoms with van der Waals surface area (Å²) in [6.45, 7) is 1.44. The van der Waals surface area contributed by atoms with Crippen molar-refractivity contribution in [2.75, 3.05) is 11.4 Å². The van der Waals surface area contributed by atoms with E-state index in [1.165, 1.54) is 11.8 Å². The van der Waals surface area contributed by atoms with Crippen LogP contribution >= 0.6 is 11.6 Å². The van der Waals surface area contributed by atoms with Crippen LogP contribution in [0.5, 0.6) is 0 Å². The fourth-order valence-corrected chi connectivity index (χ4v) is 3.08. The average molecular weight is 316 g/mol. The van der Waals surface area contributed by atoms with Crippen molar-refractivity contribution < 1.29 is 0 Å². The first kappa shape index (κ1) is 13.3. The molecule has 3 heterocycles. The molecule has 0 spiro atoms. The molecular weight excluding hydrogens is 302 g/mol. The molecule has 1 aromatic carbocycles. The van der Waals surface area contributed by atoms with Crippen LogP contribution in [-0.4, -0.2) is 26.3 Å². The minimum Gasteiger partial charge on any atom is -0.363 e. The van der Waals surface area contributed by atoms with Crippen molar-refractivity contribution in [2.45, 2.75) is 13.0 Å². The predicted octanol–water partition coefficient (Wildman–Crippen LogP) is 1.87. The number of nitrogens with one attached hydrogen (secondary N) is 1. The first-order valence-corrected chi connectivity index (χ1v) is 7.44. The summed E-state index contributed by atoms with van der Waals surface area (Å²) in [6, 6.07) is 5.93.